The summed E-state index contributed by atoms with van der Waals surface area (Å²) in [6.45, 7) is 6.14. The molecule has 0 aliphatic heterocycles. The lowest BCUT2D eigenvalue weighted by atomic mass is 10.2. The minimum atomic E-state index is -0.223. The third-order valence-electron chi connectivity index (χ3n) is 3.88. The van der Waals surface area contributed by atoms with Gasteiger partial charge in [-0.25, -0.2) is 9.67 Å². The van der Waals surface area contributed by atoms with E-state index in [4.69, 9.17) is 4.74 Å². The van der Waals surface area contributed by atoms with Gasteiger partial charge in [0.15, 0.2) is 12.3 Å². The Kier molecular flexibility index (Phi) is 4.97. The molecule has 0 spiro atoms. The summed E-state index contributed by atoms with van der Waals surface area (Å²) in [5, 5.41) is 8.02. The highest BCUT2D eigenvalue weighted by atomic mass is 16.5. The Hall–Kier alpha value is -2.89. The van der Waals surface area contributed by atoms with Crippen LogP contribution in [0.4, 0.5) is 5.69 Å². The van der Waals surface area contributed by atoms with Crippen molar-refractivity contribution >= 4 is 22.6 Å². The van der Waals surface area contributed by atoms with E-state index in [0.717, 1.165) is 17.5 Å². The van der Waals surface area contributed by atoms with Gasteiger partial charge in [0.25, 0.3) is 5.91 Å². The highest BCUT2D eigenvalue weighted by Crippen LogP contribution is 2.19. The van der Waals surface area contributed by atoms with E-state index in [1.807, 2.05) is 35.0 Å². The smallest absolute Gasteiger partial charge is 0.262 e. The maximum Gasteiger partial charge on any atom is 0.262 e. The van der Waals surface area contributed by atoms with Crippen LogP contribution in [0.15, 0.2) is 42.7 Å². The molecule has 1 aromatic carbocycles. The van der Waals surface area contributed by atoms with Crippen molar-refractivity contribution in [1.82, 2.24) is 14.8 Å². The fourth-order valence-corrected chi connectivity index (χ4v) is 2.59. The number of rotatable bonds is 6. The van der Waals surface area contributed by atoms with E-state index in [1.165, 1.54) is 5.56 Å². The Bertz CT molecular complexity index is 886. The van der Waals surface area contributed by atoms with Gasteiger partial charge in [-0.1, -0.05) is 19.1 Å². The van der Waals surface area contributed by atoms with Gasteiger partial charge in [0, 0.05) is 11.4 Å². The lowest BCUT2D eigenvalue weighted by Crippen LogP contribution is -2.20. The number of fused-ring (bicyclic) bond motifs is 1. The van der Waals surface area contributed by atoms with Crippen molar-refractivity contribution < 1.29 is 9.53 Å². The molecule has 0 radical (unpaired) electrons. The van der Waals surface area contributed by atoms with E-state index >= 15 is 0 Å². The number of anilines is 1. The third kappa shape index (κ3) is 3.96. The summed E-state index contributed by atoms with van der Waals surface area (Å²) in [4.78, 5) is 16.5. The van der Waals surface area contributed by atoms with Gasteiger partial charge in [-0.2, -0.15) is 5.10 Å². The number of ether oxygens (including phenoxy) is 1. The number of aromatic nitrogens is 3. The summed E-state index contributed by atoms with van der Waals surface area (Å²) < 4.78 is 7.41. The van der Waals surface area contributed by atoms with Crippen LogP contribution in [0.5, 0.6) is 5.75 Å². The van der Waals surface area contributed by atoms with Crippen LogP contribution in [0, 0.1) is 0 Å². The molecule has 6 heteroatoms. The molecule has 3 aromatic rings. The minimum absolute atomic E-state index is 0.0452. The predicted molar refractivity (Wildman–Crippen MR) is 97.9 cm³/mol. The van der Waals surface area contributed by atoms with Gasteiger partial charge in [0.1, 0.15) is 5.75 Å². The normalized spacial score (nSPS) is 11.0. The van der Waals surface area contributed by atoms with Gasteiger partial charge in [-0.05, 0) is 44.0 Å². The molecular formula is C19H22N4O2. The van der Waals surface area contributed by atoms with Crippen molar-refractivity contribution in [2.75, 3.05) is 11.9 Å². The highest BCUT2D eigenvalue weighted by molar-refractivity contribution is 5.93. The van der Waals surface area contributed by atoms with Crippen molar-refractivity contribution in [1.29, 1.82) is 0 Å². The molecular weight excluding hydrogens is 316 g/mol. The first-order valence-electron chi connectivity index (χ1n) is 8.41. The first kappa shape index (κ1) is 17.0. The average Bonchev–Trinajstić information content (AvgIpc) is 3.03. The zero-order valence-corrected chi connectivity index (χ0v) is 14.7. The van der Waals surface area contributed by atoms with Gasteiger partial charge >= 0.3 is 0 Å². The maximum absolute atomic E-state index is 12.1. The zero-order chi connectivity index (χ0) is 17.8. The summed E-state index contributed by atoms with van der Waals surface area (Å²) >= 11 is 0. The summed E-state index contributed by atoms with van der Waals surface area (Å²) in [6.07, 6.45) is 4.32. The summed E-state index contributed by atoms with van der Waals surface area (Å²) in [5.74, 6) is 0.473. The maximum atomic E-state index is 12.1. The molecule has 0 aliphatic rings. The molecule has 0 saturated carbocycles. The Morgan fingerprint density at radius 2 is 2.12 bits per heavy atom. The first-order valence-corrected chi connectivity index (χ1v) is 8.41. The van der Waals surface area contributed by atoms with E-state index in [2.05, 4.69) is 36.2 Å². The van der Waals surface area contributed by atoms with Gasteiger partial charge < -0.3 is 10.1 Å². The summed E-state index contributed by atoms with van der Waals surface area (Å²) in [7, 11) is 0. The van der Waals surface area contributed by atoms with E-state index in [9.17, 15) is 4.79 Å². The molecule has 2 aromatic heterocycles. The molecule has 0 aliphatic carbocycles. The molecule has 1 amide bonds. The Morgan fingerprint density at radius 1 is 1.28 bits per heavy atom. The van der Waals surface area contributed by atoms with Gasteiger partial charge in [0.05, 0.1) is 18.1 Å². The zero-order valence-electron chi connectivity index (χ0n) is 14.7. The second-order valence-corrected chi connectivity index (χ2v) is 6.16. The minimum Gasteiger partial charge on any atom is -0.484 e. The Labute approximate surface area is 146 Å². The molecule has 0 unspecified atom stereocenters. The van der Waals surface area contributed by atoms with Crippen molar-refractivity contribution in [3.8, 4) is 5.75 Å². The lowest BCUT2D eigenvalue weighted by Gasteiger charge is -2.09. The molecule has 0 atom stereocenters. The van der Waals surface area contributed by atoms with E-state index < -0.39 is 0 Å². The molecule has 0 bridgehead atoms. The van der Waals surface area contributed by atoms with Gasteiger partial charge in [0.2, 0.25) is 0 Å². The number of aryl methyl sites for hydroxylation is 1. The predicted octanol–water partition coefficient (Wildman–Crippen LogP) is 3.59. The van der Waals surface area contributed by atoms with Crippen LogP contribution >= 0.6 is 0 Å². The van der Waals surface area contributed by atoms with Crippen LogP contribution in [0.25, 0.3) is 11.0 Å². The number of nitrogens with zero attached hydrogens (tertiary/aromatic N) is 3. The van der Waals surface area contributed by atoms with Crippen molar-refractivity contribution in [2.45, 2.75) is 33.2 Å². The third-order valence-corrected chi connectivity index (χ3v) is 3.88. The lowest BCUT2D eigenvalue weighted by molar-refractivity contribution is -0.118. The topological polar surface area (TPSA) is 69.0 Å². The molecule has 0 fully saturated rings. The fraction of sp³-hybridized carbons (Fsp3) is 0.316. The van der Waals surface area contributed by atoms with Crippen LogP contribution in [-0.2, 0) is 11.2 Å². The van der Waals surface area contributed by atoms with Crippen molar-refractivity contribution in [2.24, 2.45) is 0 Å². The van der Waals surface area contributed by atoms with E-state index in [1.54, 1.807) is 12.4 Å². The number of pyridine rings is 1. The van der Waals surface area contributed by atoms with Gasteiger partial charge in [-0.15, -0.1) is 0 Å². The summed E-state index contributed by atoms with van der Waals surface area (Å²) in [6, 6.07) is 9.85. The number of carbonyl (C=O) groups excluding carboxylic acids is 1. The average molecular weight is 338 g/mol. The Balaban J connectivity index is 1.63. The number of hydrogen-bond donors (Lipinski definition) is 1. The molecule has 1 N–H and O–H groups in total. The van der Waals surface area contributed by atoms with Crippen molar-refractivity contribution in [3.63, 3.8) is 0 Å². The largest absolute Gasteiger partial charge is 0.484 e. The molecule has 2 heterocycles. The van der Waals surface area contributed by atoms with Crippen LogP contribution in [0.3, 0.4) is 0 Å². The van der Waals surface area contributed by atoms with Gasteiger partial charge in [-0.3, -0.25) is 4.79 Å². The molecule has 6 nitrogen and oxygen atoms in total. The number of nitrogens with one attached hydrogen (secondary N) is 1. The summed E-state index contributed by atoms with van der Waals surface area (Å²) in [5.41, 5.74) is 2.61. The molecule has 3 rings (SSSR count). The highest BCUT2D eigenvalue weighted by Gasteiger charge is 2.10. The van der Waals surface area contributed by atoms with E-state index in [0.29, 0.717) is 11.4 Å². The first-order chi connectivity index (χ1) is 12.1. The second kappa shape index (κ2) is 7.34. The number of carbonyl (C=O) groups is 1. The molecule has 25 heavy (non-hydrogen) atoms. The monoisotopic (exact) mass is 338 g/mol. The van der Waals surface area contributed by atoms with Crippen molar-refractivity contribution in [3.05, 3.63) is 48.3 Å². The van der Waals surface area contributed by atoms with Crippen LogP contribution in [0.1, 0.15) is 32.4 Å². The number of hydrogen-bond acceptors (Lipinski definition) is 4. The fourth-order valence-electron chi connectivity index (χ4n) is 2.59. The molecule has 130 valence electrons. The Morgan fingerprint density at radius 3 is 2.88 bits per heavy atom. The quantitative estimate of drug-likeness (QED) is 0.746. The molecule has 0 saturated heterocycles. The van der Waals surface area contributed by atoms with Crippen LogP contribution < -0.4 is 10.1 Å². The standard InChI is InChI=1S/C19H22N4O2/c1-4-14-6-5-7-17(8-14)25-12-18(24)22-16-9-15-10-21-23(13(2)3)19(15)20-11-16/h5-11,13H,4,12H2,1-3H3,(H,22,24). The van der Waals surface area contributed by atoms with Crippen LogP contribution in [-0.4, -0.2) is 27.3 Å². The SMILES string of the molecule is CCc1cccc(OCC(=O)Nc2cnc3c(cnn3C(C)C)c2)c1. The number of amides is 1. The second-order valence-electron chi connectivity index (χ2n) is 6.16. The van der Waals surface area contributed by atoms with Crippen LogP contribution in [0.2, 0.25) is 0 Å². The number of benzene rings is 1. The van der Waals surface area contributed by atoms with E-state index in [-0.39, 0.29) is 18.6 Å².